The van der Waals surface area contributed by atoms with Gasteiger partial charge in [0, 0.05) is 13.2 Å². The Morgan fingerprint density at radius 2 is 1.37 bits per heavy atom. The summed E-state index contributed by atoms with van der Waals surface area (Å²) in [5.41, 5.74) is 2.16. The molecule has 0 aliphatic rings. The maximum atomic E-state index is 12.1. The Morgan fingerprint density at radius 3 is 1.94 bits per heavy atom. The van der Waals surface area contributed by atoms with Crippen molar-refractivity contribution >= 4 is 12.0 Å². The molecule has 8 nitrogen and oxygen atoms in total. The van der Waals surface area contributed by atoms with Gasteiger partial charge < -0.3 is 23.7 Å². The van der Waals surface area contributed by atoms with Crippen molar-refractivity contribution in [1.29, 1.82) is 0 Å². The summed E-state index contributed by atoms with van der Waals surface area (Å²) in [4.78, 5) is 23.0. The fraction of sp³-hybridized carbons (Fsp3) is 0.296. The van der Waals surface area contributed by atoms with Gasteiger partial charge in [-0.3, -0.25) is 10.1 Å². The Bertz CT molecular complexity index is 1050. The van der Waals surface area contributed by atoms with E-state index in [1.54, 1.807) is 18.2 Å². The van der Waals surface area contributed by atoms with Crippen LogP contribution in [-0.2, 0) is 43.6 Å². The molecule has 0 N–H and O–H groups in total. The molecule has 3 atom stereocenters. The van der Waals surface area contributed by atoms with Crippen LogP contribution in [-0.4, -0.2) is 43.2 Å². The van der Waals surface area contributed by atoms with Gasteiger partial charge in [0.1, 0.15) is 18.3 Å². The summed E-state index contributed by atoms with van der Waals surface area (Å²) in [6, 6.07) is 25.4. The molecule has 184 valence electrons. The van der Waals surface area contributed by atoms with Gasteiger partial charge in [0.2, 0.25) is 0 Å². The van der Waals surface area contributed by atoms with Gasteiger partial charge >= 0.3 is 0 Å². The van der Waals surface area contributed by atoms with Crippen molar-refractivity contribution in [3.05, 3.63) is 112 Å². The van der Waals surface area contributed by atoms with E-state index in [9.17, 15) is 14.9 Å². The van der Waals surface area contributed by atoms with E-state index >= 15 is 0 Å². The van der Waals surface area contributed by atoms with E-state index in [2.05, 4.69) is 0 Å². The van der Waals surface area contributed by atoms with Crippen LogP contribution >= 0.6 is 0 Å². The quantitative estimate of drug-likeness (QED) is 0.180. The molecule has 35 heavy (non-hydrogen) atoms. The number of hydrogen-bond donors (Lipinski definition) is 0. The van der Waals surface area contributed by atoms with Gasteiger partial charge in [-0.2, -0.15) is 0 Å². The van der Waals surface area contributed by atoms with Crippen LogP contribution < -0.4 is 0 Å². The Labute approximate surface area is 204 Å². The molecule has 3 rings (SSSR count). The zero-order valence-corrected chi connectivity index (χ0v) is 19.5. The van der Waals surface area contributed by atoms with Gasteiger partial charge in [-0.15, -0.1) is 0 Å². The average Bonchev–Trinajstić information content (AvgIpc) is 2.90. The number of nitro groups is 1. The Hall–Kier alpha value is -3.43. The smallest absolute Gasteiger partial charge is 0.274 e. The van der Waals surface area contributed by atoms with Crippen LogP contribution in [0.25, 0.3) is 0 Å². The molecule has 0 radical (unpaired) electrons. The minimum atomic E-state index is -1.05. The van der Waals surface area contributed by atoms with Crippen LogP contribution in [0.3, 0.4) is 0 Å². The second kappa shape index (κ2) is 14.1. The number of ether oxygens (including phenoxy) is 4. The zero-order valence-electron chi connectivity index (χ0n) is 19.5. The van der Waals surface area contributed by atoms with E-state index < -0.39 is 23.2 Å². The number of benzene rings is 3. The van der Waals surface area contributed by atoms with Crippen LogP contribution in [0.1, 0.15) is 16.7 Å². The van der Waals surface area contributed by atoms with Crippen molar-refractivity contribution < 1.29 is 28.7 Å². The summed E-state index contributed by atoms with van der Waals surface area (Å²) in [6.45, 7) is 0.533. The lowest BCUT2D eigenvalue weighted by Gasteiger charge is -2.31. The lowest BCUT2D eigenvalue weighted by molar-refractivity contribution is -0.386. The van der Waals surface area contributed by atoms with E-state index in [1.165, 1.54) is 13.2 Å². The van der Waals surface area contributed by atoms with Crippen molar-refractivity contribution in [2.75, 3.05) is 13.7 Å². The van der Waals surface area contributed by atoms with Gasteiger partial charge in [-0.05, 0) is 17.2 Å². The van der Waals surface area contributed by atoms with Crippen molar-refractivity contribution in [2.45, 2.75) is 38.1 Å². The number of nitro benzene ring substituents is 1. The summed E-state index contributed by atoms with van der Waals surface area (Å²) in [6.07, 6.45) is -1.86. The van der Waals surface area contributed by atoms with Crippen molar-refractivity contribution in [2.24, 2.45) is 0 Å². The topological polar surface area (TPSA) is 97.1 Å². The fourth-order valence-electron chi connectivity index (χ4n) is 3.57. The maximum absolute atomic E-state index is 12.1. The second-order valence-corrected chi connectivity index (χ2v) is 7.85. The van der Waals surface area contributed by atoms with Crippen molar-refractivity contribution in [1.82, 2.24) is 0 Å². The number of hydrogen-bond acceptors (Lipinski definition) is 7. The Kier molecular flexibility index (Phi) is 10.5. The van der Waals surface area contributed by atoms with E-state index in [1.807, 2.05) is 60.7 Å². The molecule has 0 aliphatic heterocycles. The first kappa shape index (κ1) is 26.2. The molecule has 0 fully saturated rings. The molecule has 8 heteroatoms. The SMILES string of the molecule is COC[C@H](OCc1ccccc1)[C@@H](OCc1ccccc1)[C@@H](C=O)OCc1ccccc1[N+](=O)[O-]. The molecule has 3 aromatic carbocycles. The molecule has 0 amide bonds. The maximum Gasteiger partial charge on any atom is 0.274 e. The third-order valence-corrected chi connectivity index (χ3v) is 5.37. The molecule has 0 saturated carbocycles. The third kappa shape index (κ3) is 8.08. The van der Waals surface area contributed by atoms with E-state index in [4.69, 9.17) is 18.9 Å². The Morgan fingerprint density at radius 1 is 0.800 bits per heavy atom. The van der Waals surface area contributed by atoms with Crippen LogP contribution in [0.5, 0.6) is 0 Å². The van der Waals surface area contributed by atoms with Crippen molar-refractivity contribution in [3.8, 4) is 0 Å². The Balaban J connectivity index is 1.79. The summed E-state index contributed by atoms with van der Waals surface area (Å²) < 4.78 is 23.5. The molecular weight excluding hydrogens is 450 g/mol. The molecule has 0 unspecified atom stereocenters. The normalized spacial score (nSPS) is 13.6. The monoisotopic (exact) mass is 479 g/mol. The van der Waals surface area contributed by atoms with Crippen LogP contribution in [0, 0.1) is 10.1 Å². The highest BCUT2D eigenvalue weighted by Gasteiger charge is 2.33. The first-order valence-electron chi connectivity index (χ1n) is 11.2. The number of para-hydroxylation sites is 1. The predicted molar refractivity (Wildman–Crippen MR) is 130 cm³/mol. The number of carbonyl (C=O) groups is 1. The summed E-state index contributed by atoms with van der Waals surface area (Å²) in [7, 11) is 1.54. The van der Waals surface area contributed by atoms with Gasteiger partial charge in [0.05, 0.1) is 36.9 Å². The van der Waals surface area contributed by atoms with Crippen LogP contribution in [0.15, 0.2) is 84.9 Å². The molecular formula is C27H29NO7. The highest BCUT2D eigenvalue weighted by atomic mass is 16.6. The van der Waals surface area contributed by atoms with Gasteiger partial charge in [-0.25, -0.2) is 0 Å². The molecule has 0 heterocycles. The molecule has 3 aromatic rings. The fourth-order valence-corrected chi connectivity index (χ4v) is 3.57. The minimum absolute atomic E-state index is 0.0762. The number of carbonyl (C=O) groups excluding carboxylic acids is 1. The van der Waals surface area contributed by atoms with E-state index in [0.29, 0.717) is 11.8 Å². The number of aldehydes is 1. The predicted octanol–water partition coefficient (Wildman–Crippen LogP) is 4.50. The molecule has 0 saturated heterocycles. The van der Waals surface area contributed by atoms with Gasteiger partial charge in [0.15, 0.2) is 6.29 Å². The van der Waals surface area contributed by atoms with Gasteiger partial charge in [-0.1, -0.05) is 72.8 Å². The lowest BCUT2D eigenvalue weighted by Crippen LogP contribution is -2.45. The highest BCUT2D eigenvalue weighted by molar-refractivity contribution is 5.57. The molecule has 0 spiro atoms. The average molecular weight is 480 g/mol. The third-order valence-electron chi connectivity index (χ3n) is 5.37. The summed E-state index contributed by atoms with van der Waals surface area (Å²) in [5, 5.41) is 11.4. The standard InChI is InChI=1S/C27H29NO7/c1-32-20-26(33-17-21-10-4-2-5-11-21)27(35-18-22-12-6-3-7-13-22)25(16-29)34-19-23-14-8-9-15-24(23)28(30)31/h2-16,25-27H,17-20H2,1H3/t25-,26+,27+/m1/s1. The first-order chi connectivity index (χ1) is 17.1. The number of methoxy groups -OCH3 is 1. The molecule has 0 bridgehead atoms. The zero-order chi connectivity index (χ0) is 24.9. The van der Waals surface area contributed by atoms with Gasteiger partial charge in [0.25, 0.3) is 5.69 Å². The lowest BCUT2D eigenvalue weighted by atomic mass is 10.1. The molecule has 0 aromatic heterocycles. The summed E-state index contributed by atoms with van der Waals surface area (Å²) >= 11 is 0. The summed E-state index contributed by atoms with van der Waals surface area (Å²) in [5.74, 6) is 0. The van der Waals surface area contributed by atoms with E-state index in [0.717, 1.165) is 11.1 Å². The minimum Gasteiger partial charge on any atom is -0.382 e. The van der Waals surface area contributed by atoms with Crippen LogP contribution in [0.2, 0.25) is 0 Å². The van der Waals surface area contributed by atoms with Crippen LogP contribution in [0.4, 0.5) is 5.69 Å². The largest absolute Gasteiger partial charge is 0.382 e. The molecule has 0 aliphatic carbocycles. The highest BCUT2D eigenvalue weighted by Crippen LogP contribution is 2.22. The number of rotatable bonds is 15. The first-order valence-corrected chi connectivity index (χ1v) is 11.2. The number of nitrogens with zero attached hydrogens (tertiary/aromatic N) is 1. The van der Waals surface area contributed by atoms with Crippen molar-refractivity contribution in [3.63, 3.8) is 0 Å². The van der Waals surface area contributed by atoms with E-state index in [-0.39, 0.29) is 32.1 Å². The second-order valence-electron chi connectivity index (χ2n) is 7.85.